The number of pyridine rings is 1. The van der Waals surface area contributed by atoms with Gasteiger partial charge in [-0.05, 0) is 31.4 Å². The number of hydrogen-bond donors (Lipinski definition) is 1. The maximum absolute atomic E-state index is 13.8. The van der Waals surface area contributed by atoms with Crippen molar-refractivity contribution in [1.29, 1.82) is 0 Å². The quantitative estimate of drug-likeness (QED) is 0.688. The summed E-state index contributed by atoms with van der Waals surface area (Å²) in [5, 5.41) is 3.13. The Balaban J connectivity index is 1.49. The molecule has 5 rings (SSSR count). The Hall–Kier alpha value is -2.68. The van der Waals surface area contributed by atoms with E-state index in [1.54, 1.807) is 30.2 Å². The van der Waals surface area contributed by atoms with Crippen molar-refractivity contribution in [2.75, 3.05) is 32.8 Å². The van der Waals surface area contributed by atoms with E-state index in [1.165, 1.54) is 12.8 Å². The molecule has 1 aliphatic carbocycles. The zero-order chi connectivity index (χ0) is 22.2. The van der Waals surface area contributed by atoms with Crippen LogP contribution >= 0.6 is 0 Å². The first-order valence-electron chi connectivity index (χ1n) is 11.7. The van der Waals surface area contributed by atoms with Crippen LogP contribution in [0.1, 0.15) is 49.4 Å². The molecule has 172 valence electrons. The molecule has 1 saturated carbocycles. The second-order valence-electron chi connectivity index (χ2n) is 9.37. The summed E-state index contributed by atoms with van der Waals surface area (Å²) in [5.41, 5.74) is 0.404. The predicted octanol–water partition coefficient (Wildman–Crippen LogP) is 0.649. The Morgan fingerprint density at radius 1 is 1.16 bits per heavy atom. The number of aromatic nitrogens is 1. The van der Waals surface area contributed by atoms with E-state index in [0.29, 0.717) is 44.2 Å². The van der Waals surface area contributed by atoms with Crippen molar-refractivity contribution in [3.63, 3.8) is 0 Å². The molecule has 0 radical (unpaired) electrons. The van der Waals surface area contributed by atoms with Gasteiger partial charge < -0.3 is 19.9 Å². The fourth-order valence-electron chi connectivity index (χ4n) is 5.73. The first kappa shape index (κ1) is 21.2. The lowest BCUT2D eigenvalue weighted by molar-refractivity contribution is -0.147. The number of likely N-dealkylation sites (tertiary alicyclic amines) is 1. The summed E-state index contributed by atoms with van der Waals surface area (Å²) < 4.78 is 5.98. The van der Waals surface area contributed by atoms with Gasteiger partial charge >= 0.3 is 0 Å². The number of hydrogen-bond acceptors (Lipinski definition) is 6. The lowest BCUT2D eigenvalue weighted by Gasteiger charge is -2.43. The van der Waals surface area contributed by atoms with E-state index in [-0.39, 0.29) is 48.3 Å². The van der Waals surface area contributed by atoms with Gasteiger partial charge in [0.2, 0.25) is 17.7 Å². The Morgan fingerprint density at radius 3 is 2.75 bits per heavy atom. The largest absolute Gasteiger partial charge is 0.475 e. The number of nitrogens with one attached hydrogen (secondary N) is 1. The van der Waals surface area contributed by atoms with Gasteiger partial charge in [-0.3, -0.25) is 19.3 Å². The van der Waals surface area contributed by atoms with E-state index >= 15 is 0 Å². The van der Waals surface area contributed by atoms with E-state index < -0.39 is 0 Å². The molecule has 3 amide bonds. The van der Waals surface area contributed by atoms with Crippen LogP contribution < -0.4 is 10.1 Å². The number of fused-ring (bicyclic) bond motifs is 4. The molecule has 3 atom stereocenters. The lowest BCUT2D eigenvalue weighted by Crippen LogP contribution is -2.61. The second kappa shape index (κ2) is 8.69. The van der Waals surface area contributed by atoms with Gasteiger partial charge in [-0.15, -0.1) is 0 Å². The van der Waals surface area contributed by atoms with E-state index in [9.17, 15) is 14.4 Å². The van der Waals surface area contributed by atoms with Crippen LogP contribution in [0.5, 0.6) is 5.88 Å². The molecule has 0 spiro atoms. The highest BCUT2D eigenvalue weighted by atomic mass is 16.5. The third-order valence-electron chi connectivity index (χ3n) is 7.39. The molecule has 3 fully saturated rings. The minimum Gasteiger partial charge on any atom is -0.475 e. The maximum Gasteiger partial charge on any atom is 0.257 e. The monoisotopic (exact) mass is 441 g/mol. The summed E-state index contributed by atoms with van der Waals surface area (Å²) in [5.74, 6) is 0.131. The van der Waals surface area contributed by atoms with Crippen LogP contribution in [0.4, 0.5) is 0 Å². The molecule has 9 nitrogen and oxygen atoms in total. The smallest absolute Gasteiger partial charge is 0.257 e. The van der Waals surface area contributed by atoms with E-state index in [4.69, 9.17) is 4.74 Å². The third kappa shape index (κ3) is 3.94. The number of carbonyl (C=O) groups is 3. The normalized spacial score (nSPS) is 29.5. The second-order valence-corrected chi connectivity index (χ2v) is 9.37. The van der Waals surface area contributed by atoms with Gasteiger partial charge in [0.15, 0.2) is 0 Å². The van der Waals surface area contributed by atoms with Crippen LogP contribution in [0.3, 0.4) is 0 Å². The van der Waals surface area contributed by atoms with Crippen molar-refractivity contribution >= 4 is 17.7 Å². The average molecular weight is 442 g/mol. The number of amides is 3. The maximum atomic E-state index is 13.8. The van der Waals surface area contributed by atoms with Crippen LogP contribution in [0.2, 0.25) is 0 Å². The van der Waals surface area contributed by atoms with E-state index in [0.717, 1.165) is 12.8 Å². The van der Waals surface area contributed by atoms with Crippen LogP contribution in [0.15, 0.2) is 18.3 Å². The van der Waals surface area contributed by atoms with Crippen molar-refractivity contribution < 1.29 is 19.1 Å². The van der Waals surface area contributed by atoms with Gasteiger partial charge in [-0.1, -0.05) is 12.8 Å². The molecule has 0 aromatic carbocycles. The Kier molecular flexibility index (Phi) is 5.75. The molecule has 0 unspecified atom stereocenters. The van der Waals surface area contributed by atoms with Crippen LogP contribution in [0, 0.1) is 0 Å². The molecule has 1 N–H and O–H groups in total. The molecular formula is C23H31N5O4. The van der Waals surface area contributed by atoms with E-state index in [1.807, 2.05) is 4.90 Å². The highest BCUT2D eigenvalue weighted by Gasteiger charge is 2.45. The van der Waals surface area contributed by atoms with Gasteiger partial charge in [0.05, 0.1) is 12.1 Å². The summed E-state index contributed by atoms with van der Waals surface area (Å²) in [6.45, 7) is 3.87. The molecule has 32 heavy (non-hydrogen) atoms. The fraction of sp³-hybridized carbons (Fsp3) is 0.652. The Morgan fingerprint density at radius 2 is 1.97 bits per heavy atom. The molecule has 1 aromatic rings. The summed E-state index contributed by atoms with van der Waals surface area (Å²) in [6.07, 6.45) is 6.77. The molecule has 9 heteroatoms. The van der Waals surface area contributed by atoms with Gasteiger partial charge in [-0.25, -0.2) is 4.98 Å². The molecule has 2 saturated heterocycles. The minimum atomic E-state index is -0.276. The average Bonchev–Trinajstić information content (AvgIpc) is 3.46. The number of carbonyl (C=O) groups excluding carboxylic acids is 3. The number of nitrogens with zero attached hydrogens (tertiary/aromatic N) is 4. The number of rotatable bonds is 1. The van der Waals surface area contributed by atoms with Crippen molar-refractivity contribution in [2.45, 2.75) is 63.2 Å². The van der Waals surface area contributed by atoms with Crippen molar-refractivity contribution in [3.05, 3.63) is 23.9 Å². The molecule has 1 aromatic heterocycles. The van der Waals surface area contributed by atoms with Crippen molar-refractivity contribution in [3.8, 4) is 5.88 Å². The van der Waals surface area contributed by atoms with Gasteiger partial charge in [-0.2, -0.15) is 0 Å². The fourth-order valence-corrected chi connectivity index (χ4v) is 5.73. The highest BCUT2D eigenvalue weighted by molar-refractivity contribution is 5.96. The van der Waals surface area contributed by atoms with E-state index in [2.05, 4.69) is 15.2 Å². The number of ether oxygens (including phenoxy) is 1. The summed E-state index contributed by atoms with van der Waals surface area (Å²) in [4.78, 5) is 49.2. The topological polar surface area (TPSA) is 95.1 Å². The Bertz CT molecular complexity index is 902. The first-order valence-corrected chi connectivity index (χ1v) is 11.7. The van der Waals surface area contributed by atoms with Crippen LogP contribution in [0.25, 0.3) is 0 Å². The lowest BCUT2D eigenvalue weighted by atomic mass is 10.1. The summed E-state index contributed by atoms with van der Waals surface area (Å²) in [6, 6.07) is 3.21. The molecule has 2 bridgehead atoms. The molecule has 3 aliphatic heterocycles. The zero-order valence-electron chi connectivity index (χ0n) is 18.5. The molecular weight excluding hydrogens is 410 g/mol. The van der Waals surface area contributed by atoms with Gasteiger partial charge in [0.25, 0.3) is 5.91 Å². The van der Waals surface area contributed by atoms with Crippen molar-refractivity contribution in [2.24, 2.45) is 0 Å². The predicted molar refractivity (Wildman–Crippen MR) is 116 cm³/mol. The Labute approximate surface area is 188 Å². The van der Waals surface area contributed by atoms with Gasteiger partial charge in [0.1, 0.15) is 12.2 Å². The first-order chi connectivity index (χ1) is 15.5. The molecule has 4 heterocycles. The standard InChI is InChI=1S/C23H31N5O4/c1-15(29)26-9-10-27-18(13-26)14-32-22-19(7-4-8-24-22)21(30)25-16-11-20(23(27)31)28(12-16)17-5-2-3-6-17/h4,7-8,16-18,20H,2-3,5-6,9-14H2,1H3,(H,25,30)/t16-,18+,20+/m1/s1. The number of piperazine rings is 1. The third-order valence-corrected chi connectivity index (χ3v) is 7.39. The van der Waals surface area contributed by atoms with Crippen LogP contribution in [-0.2, 0) is 9.59 Å². The summed E-state index contributed by atoms with van der Waals surface area (Å²) >= 11 is 0. The van der Waals surface area contributed by atoms with Gasteiger partial charge in [0, 0.05) is 51.4 Å². The van der Waals surface area contributed by atoms with Crippen LogP contribution in [-0.4, -0.2) is 94.4 Å². The SMILES string of the molecule is CC(=O)N1CCN2C(=O)[C@@H]3C[C@H](CN3C3CCCC3)NC(=O)c3cccnc3OC[C@@H]2C1. The minimum absolute atomic E-state index is 0.00497. The van der Waals surface area contributed by atoms with Crippen molar-refractivity contribution in [1.82, 2.24) is 25.0 Å². The highest BCUT2D eigenvalue weighted by Crippen LogP contribution is 2.32. The summed E-state index contributed by atoms with van der Waals surface area (Å²) in [7, 11) is 0. The molecule has 4 aliphatic rings. The zero-order valence-corrected chi connectivity index (χ0v) is 18.5.